The summed E-state index contributed by atoms with van der Waals surface area (Å²) in [4.78, 5) is 3.13. The van der Waals surface area contributed by atoms with E-state index in [1.807, 2.05) is 74.6 Å². The number of aromatic nitrogens is 1. The van der Waals surface area contributed by atoms with Gasteiger partial charge in [0.1, 0.15) is 36.9 Å². The second-order valence-corrected chi connectivity index (χ2v) is 9.73. The highest BCUT2D eigenvalue weighted by Crippen LogP contribution is 2.25. The van der Waals surface area contributed by atoms with Gasteiger partial charge < -0.3 is 35.3 Å². The Kier molecular flexibility index (Phi) is 11.2. The van der Waals surface area contributed by atoms with E-state index in [0.717, 1.165) is 33.2 Å². The van der Waals surface area contributed by atoms with Gasteiger partial charge in [0.05, 0.1) is 0 Å². The summed E-state index contributed by atoms with van der Waals surface area (Å²) in [7, 11) is 0. The Morgan fingerprint density at radius 3 is 1.84 bits per heavy atom. The first kappa shape index (κ1) is 28.5. The third-order valence-electron chi connectivity index (χ3n) is 5.69. The number of rotatable bonds is 12. The van der Waals surface area contributed by atoms with Gasteiger partial charge in [-0.2, -0.15) is 0 Å². The molecule has 0 saturated carbocycles. The van der Waals surface area contributed by atoms with Gasteiger partial charge in [0.15, 0.2) is 0 Å². The van der Waals surface area contributed by atoms with Crippen molar-refractivity contribution >= 4 is 21.7 Å². The van der Waals surface area contributed by atoms with Gasteiger partial charge in [-0.1, -0.05) is 70.2 Å². The first-order chi connectivity index (χ1) is 17.8. The number of ether oxygens (including phenoxy) is 2. The highest BCUT2D eigenvalue weighted by atomic mass is 16.5. The van der Waals surface area contributed by atoms with Gasteiger partial charge in [0, 0.05) is 47.7 Å². The lowest BCUT2D eigenvalue weighted by atomic mass is 10.1. The van der Waals surface area contributed by atoms with Gasteiger partial charge in [0.2, 0.25) is 0 Å². The van der Waals surface area contributed by atoms with Gasteiger partial charge >= 0.3 is 0 Å². The monoisotopic (exact) mass is 507 g/mol. The van der Waals surface area contributed by atoms with Crippen LogP contribution in [0.4, 0.5) is 0 Å². The van der Waals surface area contributed by atoms with Crippen LogP contribution in [0, 0.1) is 0 Å². The zero-order valence-corrected chi connectivity index (χ0v) is 22.3. The minimum atomic E-state index is -0.499. The van der Waals surface area contributed by atoms with Crippen LogP contribution < -0.4 is 20.1 Å². The molecule has 5 N–H and O–H groups in total. The summed E-state index contributed by atoms with van der Waals surface area (Å²) in [5.41, 5.74) is 1.04. The van der Waals surface area contributed by atoms with E-state index in [4.69, 9.17) is 9.47 Å². The predicted octanol–water partition coefficient (Wildman–Crippen LogP) is 4.48. The third-order valence-corrected chi connectivity index (χ3v) is 5.69. The molecule has 4 aromatic rings. The van der Waals surface area contributed by atoms with Gasteiger partial charge in [-0.05, 0) is 29.7 Å². The summed E-state index contributed by atoms with van der Waals surface area (Å²) in [6.45, 7) is 9.89. The molecule has 2 unspecified atom stereocenters. The van der Waals surface area contributed by atoms with Crippen LogP contribution in [0.1, 0.15) is 27.7 Å². The van der Waals surface area contributed by atoms with Crippen LogP contribution in [0.15, 0.2) is 72.9 Å². The normalized spacial score (nSPS) is 13.0. The maximum Gasteiger partial charge on any atom is 0.128 e. The van der Waals surface area contributed by atoms with E-state index < -0.39 is 12.2 Å². The fourth-order valence-corrected chi connectivity index (χ4v) is 3.74. The second-order valence-electron chi connectivity index (χ2n) is 9.73. The number of aromatic amines is 1. The SMILES string of the molecule is CC(C)NCC(O)COc1cccc2[nH]ccc12.CC(C)NCC(O)COc1cccc2ccccc12. The Balaban J connectivity index is 0.000000206. The molecule has 0 aliphatic heterocycles. The van der Waals surface area contributed by atoms with Crippen molar-refractivity contribution in [1.29, 1.82) is 0 Å². The molecule has 0 spiro atoms. The molecule has 7 heteroatoms. The number of hydrogen-bond acceptors (Lipinski definition) is 6. The van der Waals surface area contributed by atoms with E-state index in [2.05, 4.69) is 41.6 Å². The van der Waals surface area contributed by atoms with Crippen molar-refractivity contribution in [1.82, 2.24) is 15.6 Å². The van der Waals surface area contributed by atoms with Crippen LogP contribution in [0.3, 0.4) is 0 Å². The van der Waals surface area contributed by atoms with E-state index in [1.165, 1.54) is 0 Å². The van der Waals surface area contributed by atoms with E-state index in [-0.39, 0.29) is 0 Å². The Labute approximate surface area is 219 Å². The molecular formula is C30H41N3O4. The van der Waals surface area contributed by atoms with Crippen molar-refractivity contribution in [3.63, 3.8) is 0 Å². The molecule has 200 valence electrons. The fourth-order valence-electron chi connectivity index (χ4n) is 3.74. The van der Waals surface area contributed by atoms with Crippen LogP contribution in [-0.4, -0.2) is 65.8 Å². The molecule has 37 heavy (non-hydrogen) atoms. The summed E-state index contributed by atoms with van der Waals surface area (Å²) >= 11 is 0. The van der Waals surface area contributed by atoms with Crippen molar-refractivity contribution in [2.75, 3.05) is 26.3 Å². The molecule has 4 rings (SSSR count). The predicted molar refractivity (Wildman–Crippen MR) is 152 cm³/mol. The molecule has 3 aromatic carbocycles. The lowest BCUT2D eigenvalue weighted by molar-refractivity contribution is 0.105. The van der Waals surface area contributed by atoms with E-state index >= 15 is 0 Å². The second kappa shape index (κ2) is 14.6. The molecule has 0 amide bonds. The number of nitrogens with one attached hydrogen (secondary N) is 3. The van der Waals surface area contributed by atoms with Crippen molar-refractivity contribution in [2.24, 2.45) is 0 Å². The van der Waals surface area contributed by atoms with Crippen molar-refractivity contribution < 1.29 is 19.7 Å². The standard InChI is InChI=1S/C16H21NO2.C14H20N2O2/c1-12(2)17-10-14(18)11-19-16-9-5-7-13-6-3-4-8-15(13)16;1-10(2)16-8-11(17)9-18-14-5-3-4-13-12(14)6-7-15-13/h3-9,12,14,17-18H,10-11H2,1-2H3;3-7,10-11,15-17H,8-9H2,1-2H3. The zero-order valence-electron chi connectivity index (χ0n) is 22.3. The average molecular weight is 508 g/mol. The summed E-state index contributed by atoms with van der Waals surface area (Å²) in [6, 6.07) is 22.6. The number of hydrogen-bond donors (Lipinski definition) is 5. The molecule has 7 nitrogen and oxygen atoms in total. The topological polar surface area (TPSA) is 98.8 Å². The quantitative estimate of drug-likeness (QED) is 0.194. The Bertz CT molecular complexity index is 1200. The lowest BCUT2D eigenvalue weighted by Crippen LogP contribution is -2.35. The molecule has 0 aliphatic carbocycles. The zero-order chi connectivity index (χ0) is 26.6. The Morgan fingerprint density at radius 1 is 0.676 bits per heavy atom. The number of aliphatic hydroxyl groups is 2. The summed E-state index contributed by atoms with van der Waals surface area (Å²) in [5, 5.41) is 29.3. The van der Waals surface area contributed by atoms with Crippen LogP contribution >= 0.6 is 0 Å². The van der Waals surface area contributed by atoms with Crippen LogP contribution in [0.25, 0.3) is 21.7 Å². The number of H-pyrrole nitrogens is 1. The number of fused-ring (bicyclic) bond motifs is 2. The molecule has 1 aromatic heterocycles. The number of benzene rings is 3. The highest BCUT2D eigenvalue weighted by molar-refractivity contribution is 5.88. The van der Waals surface area contributed by atoms with Crippen molar-refractivity contribution in [3.8, 4) is 11.5 Å². The highest BCUT2D eigenvalue weighted by Gasteiger charge is 2.09. The summed E-state index contributed by atoms with van der Waals surface area (Å²) in [5.74, 6) is 1.62. The molecule has 2 atom stereocenters. The molecule has 0 saturated heterocycles. The summed E-state index contributed by atoms with van der Waals surface area (Å²) < 4.78 is 11.4. The maximum atomic E-state index is 9.84. The van der Waals surface area contributed by atoms with E-state index in [9.17, 15) is 10.2 Å². The first-order valence-corrected chi connectivity index (χ1v) is 13.0. The van der Waals surface area contributed by atoms with Crippen LogP contribution in [-0.2, 0) is 0 Å². The lowest BCUT2D eigenvalue weighted by Gasteiger charge is -2.15. The maximum absolute atomic E-state index is 9.84. The average Bonchev–Trinajstić information content (AvgIpc) is 3.38. The molecular weight excluding hydrogens is 466 g/mol. The minimum absolute atomic E-state index is 0.296. The van der Waals surface area contributed by atoms with Gasteiger partial charge in [-0.3, -0.25) is 0 Å². The Hall–Kier alpha value is -3.10. The first-order valence-electron chi connectivity index (χ1n) is 13.0. The largest absolute Gasteiger partial charge is 0.490 e. The molecule has 0 fully saturated rings. The Morgan fingerprint density at radius 2 is 1.22 bits per heavy atom. The van der Waals surface area contributed by atoms with Crippen LogP contribution in [0.5, 0.6) is 11.5 Å². The van der Waals surface area contributed by atoms with Gasteiger partial charge in [0.25, 0.3) is 0 Å². The third kappa shape index (κ3) is 9.37. The van der Waals surface area contributed by atoms with Crippen molar-refractivity contribution in [2.45, 2.75) is 52.0 Å². The van der Waals surface area contributed by atoms with Gasteiger partial charge in [-0.25, -0.2) is 0 Å². The smallest absolute Gasteiger partial charge is 0.128 e. The van der Waals surface area contributed by atoms with Crippen LogP contribution in [0.2, 0.25) is 0 Å². The molecule has 0 bridgehead atoms. The van der Waals surface area contributed by atoms with Crippen molar-refractivity contribution in [3.05, 3.63) is 72.9 Å². The van der Waals surface area contributed by atoms with E-state index in [1.54, 1.807) is 0 Å². The minimum Gasteiger partial charge on any atom is -0.490 e. The van der Waals surface area contributed by atoms with Gasteiger partial charge in [-0.15, -0.1) is 0 Å². The van der Waals surface area contributed by atoms with E-state index in [0.29, 0.717) is 38.4 Å². The number of aliphatic hydroxyl groups excluding tert-OH is 2. The fraction of sp³-hybridized carbons (Fsp3) is 0.400. The molecule has 0 aliphatic rings. The molecule has 0 radical (unpaired) electrons. The molecule has 1 heterocycles. The summed E-state index contributed by atoms with van der Waals surface area (Å²) in [6.07, 6.45) is 0.886.